The number of anilines is 1. The quantitative estimate of drug-likeness (QED) is 0.918. The van der Waals surface area contributed by atoms with Gasteiger partial charge in [-0.2, -0.15) is 0 Å². The molecule has 4 nitrogen and oxygen atoms in total. The number of rotatable bonds is 5. The summed E-state index contributed by atoms with van der Waals surface area (Å²) in [7, 11) is 0. The molecule has 2 N–H and O–H groups in total. The number of aromatic nitrogens is 2. The van der Waals surface area contributed by atoms with Gasteiger partial charge in [0.05, 0.1) is 12.2 Å². The van der Waals surface area contributed by atoms with Gasteiger partial charge in [-0.25, -0.2) is 4.68 Å². The lowest BCUT2D eigenvalue weighted by molar-refractivity contribution is 0.450. The summed E-state index contributed by atoms with van der Waals surface area (Å²) in [6.45, 7) is 5.65. The Morgan fingerprint density at radius 1 is 1.19 bits per heavy atom. The number of hydrogen-bond acceptors (Lipinski definition) is 2. The summed E-state index contributed by atoms with van der Waals surface area (Å²) in [6, 6.07) is 8.33. The molecule has 1 heterocycles. The summed E-state index contributed by atoms with van der Waals surface area (Å²) in [5, 5.41) is 0. The predicted octanol–water partition coefficient (Wildman–Crippen LogP) is 2.88. The van der Waals surface area contributed by atoms with Gasteiger partial charge in [0.25, 0.3) is 5.56 Å². The zero-order chi connectivity index (χ0) is 15.0. The zero-order valence-electron chi connectivity index (χ0n) is 12.8. The van der Waals surface area contributed by atoms with E-state index in [0.29, 0.717) is 18.2 Å². The molecule has 1 aromatic heterocycles. The predicted molar refractivity (Wildman–Crippen MR) is 85.7 cm³/mol. The smallest absolute Gasteiger partial charge is 0.290 e. The number of nitrogens with two attached hydrogens (primary N) is 1. The fraction of sp³-hybridized carbons (Fsp3) is 0.471. The molecule has 1 aliphatic carbocycles. The van der Waals surface area contributed by atoms with Crippen LogP contribution in [0.1, 0.15) is 48.9 Å². The lowest BCUT2D eigenvalue weighted by atomic mass is 10.1. The van der Waals surface area contributed by atoms with E-state index in [1.807, 2.05) is 4.68 Å². The molecule has 0 spiro atoms. The van der Waals surface area contributed by atoms with Crippen molar-refractivity contribution in [3.63, 3.8) is 0 Å². The van der Waals surface area contributed by atoms with Crippen molar-refractivity contribution in [1.29, 1.82) is 0 Å². The highest BCUT2D eigenvalue weighted by molar-refractivity contribution is 5.45. The van der Waals surface area contributed by atoms with E-state index in [1.54, 1.807) is 0 Å². The summed E-state index contributed by atoms with van der Waals surface area (Å²) in [5.41, 5.74) is 9.95. The van der Waals surface area contributed by atoms with Gasteiger partial charge in [0.1, 0.15) is 5.69 Å². The fourth-order valence-corrected chi connectivity index (χ4v) is 2.89. The maximum atomic E-state index is 12.5. The van der Waals surface area contributed by atoms with Gasteiger partial charge in [0.15, 0.2) is 0 Å². The Labute approximate surface area is 125 Å². The van der Waals surface area contributed by atoms with E-state index >= 15 is 0 Å². The van der Waals surface area contributed by atoms with Gasteiger partial charge >= 0.3 is 0 Å². The summed E-state index contributed by atoms with van der Waals surface area (Å²) < 4.78 is 3.94. The third-order valence-electron chi connectivity index (χ3n) is 4.16. The van der Waals surface area contributed by atoms with Gasteiger partial charge in [0, 0.05) is 12.5 Å². The second kappa shape index (κ2) is 5.43. The average Bonchev–Trinajstić information content (AvgIpc) is 3.27. The minimum atomic E-state index is -0.0362. The Morgan fingerprint density at radius 3 is 2.43 bits per heavy atom. The van der Waals surface area contributed by atoms with Gasteiger partial charge in [-0.15, -0.1) is 0 Å². The third kappa shape index (κ3) is 2.62. The van der Waals surface area contributed by atoms with E-state index < -0.39 is 0 Å². The Balaban J connectivity index is 2.02. The molecule has 3 rings (SSSR count). The van der Waals surface area contributed by atoms with Crippen molar-refractivity contribution < 1.29 is 0 Å². The Kier molecular flexibility index (Phi) is 3.62. The van der Waals surface area contributed by atoms with E-state index in [4.69, 9.17) is 5.73 Å². The summed E-state index contributed by atoms with van der Waals surface area (Å²) in [4.78, 5) is 12.5. The molecule has 0 radical (unpaired) electrons. The maximum absolute atomic E-state index is 12.5. The largest absolute Gasteiger partial charge is 0.393 e. The molecule has 4 heteroatoms. The van der Waals surface area contributed by atoms with Gasteiger partial charge in [-0.05, 0) is 31.7 Å². The molecule has 0 saturated heterocycles. The molecule has 1 saturated carbocycles. The second-order valence-corrected chi connectivity index (χ2v) is 6.04. The van der Waals surface area contributed by atoms with Crippen LogP contribution in [0, 0.1) is 6.92 Å². The molecule has 2 aromatic rings. The van der Waals surface area contributed by atoms with E-state index in [9.17, 15) is 4.79 Å². The van der Waals surface area contributed by atoms with Crippen LogP contribution in [0.15, 0.2) is 29.1 Å². The van der Waals surface area contributed by atoms with Crippen LogP contribution >= 0.6 is 0 Å². The van der Waals surface area contributed by atoms with Crippen molar-refractivity contribution in [3.05, 3.63) is 51.4 Å². The van der Waals surface area contributed by atoms with Crippen molar-refractivity contribution in [2.45, 2.75) is 52.1 Å². The fourth-order valence-electron chi connectivity index (χ4n) is 2.89. The minimum absolute atomic E-state index is 0.0362. The van der Waals surface area contributed by atoms with E-state index in [0.717, 1.165) is 37.1 Å². The SMILES string of the molecule is CCCn1c(C2CC2)c(N)c(=O)n1Cc1ccc(C)cc1. The zero-order valence-corrected chi connectivity index (χ0v) is 12.8. The van der Waals surface area contributed by atoms with Gasteiger partial charge < -0.3 is 5.73 Å². The third-order valence-corrected chi connectivity index (χ3v) is 4.16. The molecule has 21 heavy (non-hydrogen) atoms. The molecule has 1 aromatic carbocycles. The van der Waals surface area contributed by atoms with Crippen molar-refractivity contribution in [3.8, 4) is 0 Å². The summed E-state index contributed by atoms with van der Waals surface area (Å²) in [6.07, 6.45) is 3.31. The number of nitrogens with zero attached hydrogens (tertiary/aromatic N) is 2. The first-order valence-corrected chi connectivity index (χ1v) is 7.76. The number of nitrogen functional groups attached to an aromatic ring is 1. The monoisotopic (exact) mass is 285 g/mol. The van der Waals surface area contributed by atoms with Crippen LogP contribution in [0.3, 0.4) is 0 Å². The van der Waals surface area contributed by atoms with Crippen LogP contribution in [-0.2, 0) is 13.1 Å². The summed E-state index contributed by atoms with van der Waals surface area (Å²) in [5.74, 6) is 0.489. The Hall–Kier alpha value is -1.97. The van der Waals surface area contributed by atoms with E-state index in [-0.39, 0.29) is 5.56 Å². The van der Waals surface area contributed by atoms with Crippen molar-refractivity contribution in [2.24, 2.45) is 0 Å². The van der Waals surface area contributed by atoms with Crippen LogP contribution < -0.4 is 11.3 Å². The Morgan fingerprint density at radius 2 is 1.86 bits per heavy atom. The van der Waals surface area contributed by atoms with Gasteiger partial charge in [-0.1, -0.05) is 36.8 Å². The van der Waals surface area contributed by atoms with Crippen molar-refractivity contribution in [2.75, 3.05) is 5.73 Å². The molecule has 1 fully saturated rings. The second-order valence-electron chi connectivity index (χ2n) is 6.04. The van der Waals surface area contributed by atoms with Gasteiger partial charge in [0.2, 0.25) is 0 Å². The standard InChI is InChI=1S/C17H23N3O/c1-3-10-19-16(14-8-9-14)15(18)17(21)20(19)11-13-6-4-12(2)5-7-13/h4-7,14H,3,8-11,18H2,1-2H3. The van der Waals surface area contributed by atoms with Crippen LogP contribution in [-0.4, -0.2) is 9.36 Å². The highest BCUT2D eigenvalue weighted by Crippen LogP contribution is 2.42. The lowest BCUT2D eigenvalue weighted by Crippen LogP contribution is -2.25. The average molecular weight is 285 g/mol. The first kappa shape index (κ1) is 14.0. The number of hydrogen-bond donors (Lipinski definition) is 1. The van der Waals surface area contributed by atoms with Crippen LogP contribution in [0.2, 0.25) is 0 Å². The normalized spacial score (nSPS) is 14.6. The lowest BCUT2D eigenvalue weighted by Gasteiger charge is -2.14. The van der Waals surface area contributed by atoms with Crippen molar-refractivity contribution >= 4 is 5.69 Å². The highest BCUT2D eigenvalue weighted by Gasteiger charge is 2.32. The highest BCUT2D eigenvalue weighted by atomic mass is 16.1. The molecular formula is C17H23N3O. The maximum Gasteiger partial charge on any atom is 0.290 e. The molecule has 112 valence electrons. The number of aryl methyl sites for hydroxylation is 1. The first-order valence-electron chi connectivity index (χ1n) is 7.76. The van der Waals surface area contributed by atoms with Crippen LogP contribution in [0.5, 0.6) is 0 Å². The molecule has 1 aliphatic rings. The molecule has 0 bridgehead atoms. The molecular weight excluding hydrogens is 262 g/mol. The van der Waals surface area contributed by atoms with Crippen LogP contribution in [0.25, 0.3) is 0 Å². The minimum Gasteiger partial charge on any atom is -0.393 e. The molecule has 0 amide bonds. The number of benzene rings is 1. The molecule has 0 atom stereocenters. The van der Waals surface area contributed by atoms with Crippen LogP contribution in [0.4, 0.5) is 5.69 Å². The summed E-state index contributed by atoms with van der Waals surface area (Å²) >= 11 is 0. The molecule has 0 aliphatic heterocycles. The molecule has 0 unspecified atom stereocenters. The topological polar surface area (TPSA) is 52.9 Å². The van der Waals surface area contributed by atoms with E-state index in [2.05, 4.69) is 42.8 Å². The van der Waals surface area contributed by atoms with Crippen molar-refractivity contribution in [1.82, 2.24) is 9.36 Å². The van der Waals surface area contributed by atoms with Gasteiger partial charge in [-0.3, -0.25) is 9.48 Å². The van der Waals surface area contributed by atoms with E-state index in [1.165, 1.54) is 5.56 Å². The first-order chi connectivity index (χ1) is 10.1. The Bertz CT molecular complexity index is 690.